The van der Waals surface area contributed by atoms with Crippen molar-refractivity contribution in [1.29, 1.82) is 0 Å². The number of halogens is 2. The van der Waals surface area contributed by atoms with Crippen molar-refractivity contribution in [3.8, 4) is 0 Å². The normalized spacial score (nSPS) is 23.1. The molecule has 20 heavy (non-hydrogen) atoms. The third kappa shape index (κ3) is 3.99. The van der Waals surface area contributed by atoms with E-state index in [0.29, 0.717) is 23.2 Å². The summed E-state index contributed by atoms with van der Waals surface area (Å²) in [6.45, 7) is 2.46. The van der Waals surface area contributed by atoms with Crippen molar-refractivity contribution in [2.24, 2.45) is 5.73 Å². The Hall–Kier alpha value is -1.01. The largest absolute Gasteiger partial charge is 0.374 e. The minimum Gasteiger partial charge on any atom is -0.374 e. The Morgan fingerprint density at radius 3 is 2.95 bits per heavy atom. The Morgan fingerprint density at radius 2 is 2.25 bits per heavy atom. The van der Waals surface area contributed by atoms with Crippen molar-refractivity contribution < 1.29 is 9.53 Å². The number of benzene rings is 1. The smallest absolute Gasteiger partial charge is 0.312 e. The van der Waals surface area contributed by atoms with Crippen LogP contribution in [0.25, 0.3) is 0 Å². The third-order valence-electron chi connectivity index (χ3n) is 3.27. The number of nitrogens with two attached hydrogens (primary N) is 1. The Kier molecular flexibility index (Phi) is 5.48. The van der Waals surface area contributed by atoms with Crippen LogP contribution in [0, 0.1) is 0 Å². The van der Waals surface area contributed by atoms with Crippen molar-refractivity contribution in [1.82, 2.24) is 10.6 Å². The molecule has 0 spiro atoms. The Labute approximate surface area is 127 Å². The van der Waals surface area contributed by atoms with Crippen LogP contribution >= 0.6 is 23.2 Å². The van der Waals surface area contributed by atoms with E-state index in [1.54, 1.807) is 6.07 Å². The molecule has 1 aromatic carbocycles. The monoisotopic (exact) mass is 317 g/mol. The van der Waals surface area contributed by atoms with Crippen LogP contribution in [0.1, 0.15) is 11.5 Å². The first-order valence-corrected chi connectivity index (χ1v) is 7.14. The number of hydrogen-bond acceptors (Lipinski definition) is 3. The van der Waals surface area contributed by atoms with Gasteiger partial charge in [-0.1, -0.05) is 29.3 Å². The lowest BCUT2D eigenvalue weighted by atomic mass is 9.93. The van der Waals surface area contributed by atoms with Gasteiger partial charge in [-0.25, -0.2) is 4.79 Å². The topological polar surface area (TPSA) is 76.4 Å². The fraction of sp³-hybridized carbons (Fsp3) is 0.462. The summed E-state index contributed by atoms with van der Waals surface area (Å²) in [6, 6.07) is 4.97. The predicted octanol–water partition coefficient (Wildman–Crippen LogP) is 1.73. The molecular formula is C13H17Cl2N3O2. The van der Waals surface area contributed by atoms with Gasteiger partial charge in [0.1, 0.15) is 0 Å². The number of amides is 2. The molecule has 0 unspecified atom stereocenters. The van der Waals surface area contributed by atoms with E-state index in [4.69, 9.17) is 33.7 Å². The average Bonchev–Trinajstić information content (AvgIpc) is 2.65. The summed E-state index contributed by atoms with van der Waals surface area (Å²) in [5.74, 6) is 0.0686. The van der Waals surface area contributed by atoms with Crippen LogP contribution in [0.3, 0.4) is 0 Å². The van der Waals surface area contributed by atoms with Crippen LogP contribution in [-0.4, -0.2) is 38.4 Å². The molecule has 0 radical (unpaired) electrons. The van der Waals surface area contributed by atoms with Gasteiger partial charge in [-0.3, -0.25) is 0 Å². The van der Waals surface area contributed by atoms with Gasteiger partial charge in [-0.15, -0.1) is 0 Å². The van der Waals surface area contributed by atoms with Crippen molar-refractivity contribution >= 4 is 29.2 Å². The zero-order valence-electron chi connectivity index (χ0n) is 10.9. The highest BCUT2D eigenvalue weighted by Gasteiger charge is 2.26. The van der Waals surface area contributed by atoms with Crippen LogP contribution in [-0.2, 0) is 4.74 Å². The fourth-order valence-electron chi connectivity index (χ4n) is 2.27. The molecule has 2 atom stereocenters. The van der Waals surface area contributed by atoms with E-state index in [0.717, 1.165) is 18.7 Å². The first kappa shape index (κ1) is 15.4. The number of ether oxygens (including phenoxy) is 1. The third-order valence-corrected chi connectivity index (χ3v) is 4.01. The second kappa shape index (κ2) is 7.13. The molecule has 1 fully saturated rings. The van der Waals surface area contributed by atoms with Gasteiger partial charge in [0.15, 0.2) is 0 Å². The predicted molar refractivity (Wildman–Crippen MR) is 79.4 cm³/mol. The van der Waals surface area contributed by atoms with Gasteiger partial charge in [0.05, 0.1) is 22.8 Å². The molecular weight excluding hydrogens is 301 g/mol. The summed E-state index contributed by atoms with van der Waals surface area (Å²) in [5.41, 5.74) is 6.14. The number of rotatable bonds is 3. The van der Waals surface area contributed by atoms with E-state index in [2.05, 4.69) is 10.6 Å². The summed E-state index contributed by atoms with van der Waals surface area (Å²) >= 11 is 12.0. The number of primary amides is 1. The maximum Gasteiger partial charge on any atom is 0.312 e. The molecule has 1 aromatic rings. The van der Waals surface area contributed by atoms with E-state index in [1.807, 2.05) is 12.1 Å². The zero-order valence-corrected chi connectivity index (χ0v) is 12.4. The van der Waals surface area contributed by atoms with Crippen LogP contribution in [0.15, 0.2) is 18.2 Å². The highest BCUT2D eigenvalue weighted by Crippen LogP contribution is 2.29. The van der Waals surface area contributed by atoms with Crippen molar-refractivity contribution in [3.05, 3.63) is 33.8 Å². The Morgan fingerprint density at radius 1 is 1.45 bits per heavy atom. The summed E-state index contributed by atoms with van der Waals surface area (Å²) in [6.07, 6.45) is -0.158. The quantitative estimate of drug-likeness (QED) is 0.794. The van der Waals surface area contributed by atoms with Crippen LogP contribution in [0.4, 0.5) is 4.79 Å². The summed E-state index contributed by atoms with van der Waals surface area (Å²) < 4.78 is 5.78. The number of hydrogen-bond donors (Lipinski definition) is 3. The molecule has 7 heteroatoms. The van der Waals surface area contributed by atoms with E-state index < -0.39 is 6.03 Å². The molecule has 0 bridgehead atoms. The van der Waals surface area contributed by atoms with Crippen molar-refractivity contribution in [2.45, 2.75) is 12.0 Å². The van der Waals surface area contributed by atoms with Gasteiger partial charge in [0.25, 0.3) is 0 Å². The van der Waals surface area contributed by atoms with E-state index >= 15 is 0 Å². The lowest BCUT2D eigenvalue weighted by Crippen LogP contribution is -2.40. The SMILES string of the molecule is NC(=O)NC[C@H]1OCCNC[C@H]1c1ccc(Cl)c(Cl)c1. The van der Waals surface area contributed by atoms with Gasteiger partial charge in [0, 0.05) is 25.6 Å². The van der Waals surface area contributed by atoms with Gasteiger partial charge in [-0.2, -0.15) is 0 Å². The van der Waals surface area contributed by atoms with E-state index in [9.17, 15) is 4.79 Å². The van der Waals surface area contributed by atoms with Gasteiger partial charge >= 0.3 is 6.03 Å². The molecule has 2 amide bonds. The number of carbonyl (C=O) groups is 1. The van der Waals surface area contributed by atoms with Crippen molar-refractivity contribution in [2.75, 3.05) is 26.2 Å². The van der Waals surface area contributed by atoms with Crippen LogP contribution in [0.2, 0.25) is 10.0 Å². The van der Waals surface area contributed by atoms with E-state index in [-0.39, 0.29) is 12.0 Å². The Bertz CT molecular complexity index is 485. The second-order valence-electron chi connectivity index (χ2n) is 4.64. The van der Waals surface area contributed by atoms with Gasteiger partial charge in [0.2, 0.25) is 0 Å². The van der Waals surface area contributed by atoms with Crippen LogP contribution in [0.5, 0.6) is 0 Å². The zero-order chi connectivity index (χ0) is 14.5. The average molecular weight is 318 g/mol. The Balaban J connectivity index is 2.18. The molecule has 0 saturated carbocycles. The molecule has 1 saturated heterocycles. The summed E-state index contributed by atoms with van der Waals surface area (Å²) in [7, 11) is 0. The fourth-order valence-corrected chi connectivity index (χ4v) is 2.57. The minimum atomic E-state index is -0.557. The van der Waals surface area contributed by atoms with Crippen LogP contribution < -0.4 is 16.4 Å². The molecule has 2 rings (SSSR count). The second-order valence-corrected chi connectivity index (χ2v) is 5.45. The molecule has 4 N–H and O–H groups in total. The standard InChI is InChI=1S/C13H17Cl2N3O2/c14-10-2-1-8(5-11(10)15)9-6-17-3-4-20-12(9)7-18-13(16)19/h1-2,5,9,12,17H,3-4,6-7H2,(H3,16,18,19)/t9-,12+/m0/s1. The van der Waals surface area contributed by atoms with E-state index in [1.165, 1.54) is 0 Å². The van der Waals surface area contributed by atoms with Gasteiger partial charge < -0.3 is 21.1 Å². The minimum absolute atomic E-state index is 0.0686. The maximum absolute atomic E-state index is 10.9. The lowest BCUT2D eigenvalue weighted by molar-refractivity contribution is 0.0541. The summed E-state index contributed by atoms with van der Waals surface area (Å²) in [5, 5.41) is 6.93. The summed E-state index contributed by atoms with van der Waals surface area (Å²) in [4.78, 5) is 10.9. The molecule has 0 aromatic heterocycles. The lowest BCUT2D eigenvalue weighted by Gasteiger charge is -2.25. The van der Waals surface area contributed by atoms with Gasteiger partial charge in [-0.05, 0) is 17.7 Å². The molecule has 1 heterocycles. The molecule has 5 nitrogen and oxygen atoms in total. The molecule has 1 aliphatic heterocycles. The highest BCUT2D eigenvalue weighted by atomic mass is 35.5. The molecule has 1 aliphatic rings. The van der Waals surface area contributed by atoms with Crippen molar-refractivity contribution in [3.63, 3.8) is 0 Å². The maximum atomic E-state index is 10.9. The molecule has 0 aliphatic carbocycles. The number of nitrogens with one attached hydrogen (secondary N) is 2. The number of carbonyl (C=O) groups excluding carboxylic acids is 1. The first-order chi connectivity index (χ1) is 9.58. The molecule has 110 valence electrons. The highest BCUT2D eigenvalue weighted by molar-refractivity contribution is 6.42. The number of urea groups is 1. The first-order valence-electron chi connectivity index (χ1n) is 6.38.